The minimum atomic E-state index is 0.386. The maximum absolute atomic E-state index is 3.83. The summed E-state index contributed by atoms with van der Waals surface area (Å²) < 4.78 is 0. The normalized spacial score (nSPS) is 31.4. The maximum Gasteiger partial charge on any atom is 0.0304 e. The summed E-state index contributed by atoms with van der Waals surface area (Å²) in [5.74, 6) is 0. The van der Waals surface area contributed by atoms with E-state index in [1.807, 2.05) is 0 Å². The molecule has 2 nitrogen and oxygen atoms in total. The standard InChI is InChI=1S/C15H30N2/c1-5-13-10-16-15(6-2,7-3)12-17(13)11-14(4)8-9-14/h13,16H,5-12H2,1-4H3. The van der Waals surface area contributed by atoms with Gasteiger partial charge in [0.2, 0.25) is 0 Å². The van der Waals surface area contributed by atoms with Gasteiger partial charge in [-0.2, -0.15) is 0 Å². The number of nitrogens with zero attached hydrogens (tertiary/aromatic N) is 1. The molecule has 2 aliphatic rings. The molecule has 0 spiro atoms. The Morgan fingerprint density at radius 2 is 1.82 bits per heavy atom. The van der Waals surface area contributed by atoms with E-state index < -0.39 is 0 Å². The lowest BCUT2D eigenvalue weighted by Gasteiger charge is -2.48. The van der Waals surface area contributed by atoms with Gasteiger partial charge in [-0.15, -0.1) is 0 Å². The van der Waals surface area contributed by atoms with Crippen molar-refractivity contribution in [3.05, 3.63) is 0 Å². The topological polar surface area (TPSA) is 15.3 Å². The van der Waals surface area contributed by atoms with E-state index in [0.29, 0.717) is 11.0 Å². The van der Waals surface area contributed by atoms with Gasteiger partial charge in [0, 0.05) is 31.2 Å². The minimum Gasteiger partial charge on any atom is -0.308 e. The molecule has 17 heavy (non-hydrogen) atoms. The van der Waals surface area contributed by atoms with Gasteiger partial charge in [0.05, 0.1) is 0 Å². The fourth-order valence-corrected chi connectivity index (χ4v) is 3.21. The van der Waals surface area contributed by atoms with Gasteiger partial charge in [0.1, 0.15) is 0 Å². The second-order valence-electron chi connectivity index (χ2n) is 6.65. The van der Waals surface area contributed by atoms with Crippen LogP contribution in [0, 0.1) is 5.41 Å². The molecule has 1 saturated heterocycles. The molecule has 0 aromatic carbocycles. The first kappa shape index (κ1) is 13.4. The van der Waals surface area contributed by atoms with Gasteiger partial charge >= 0.3 is 0 Å². The average Bonchev–Trinajstić information content (AvgIpc) is 3.06. The molecule has 1 atom stereocenters. The molecule has 0 amide bonds. The second kappa shape index (κ2) is 4.89. The molecular formula is C15H30N2. The molecule has 0 aromatic rings. The first-order valence-corrected chi connectivity index (χ1v) is 7.55. The molecule has 1 unspecified atom stereocenters. The third kappa shape index (κ3) is 2.85. The zero-order valence-corrected chi connectivity index (χ0v) is 12.2. The average molecular weight is 238 g/mol. The Morgan fingerprint density at radius 3 is 2.29 bits per heavy atom. The van der Waals surface area contributed by atoms with Crippen molar-refractivity contribution in [1.82, 2.24) is 10.2 Å². The SMILES string of the molecule is CCC1CNC(CC)(CC)CN1CC1(C)CC1. The highest BCUT2D eigenvalue weighted by Crippen LogP contribution is 2.46. The molecule has 2 rings (SSSR count). The van der Waals surface area contributed by atoms with Crippen LogP contribution in [0.3, 0.4) is 0 Å². The molecule has 1 aliphatic carbocycles. The molecule has 100 valence electrons. The van der Waals surface area contributed by atoms with E-state index in [1.165, 1.54) is 51.7 Å². The summed E-state index contributed by atoms with van der Waals surface area (Å²) in [6.07, 6.45) is 6.68. The van der Waals surface area contributed by atoms with Gasteiger partial charge in [-0.1, -0.05) is 27.7 Å². The van der Waals surface area contributed by atoms with E-state index in [9.17, 15) is 0 Å². The van der Waals surface area contributed by atoms with Gasteiger partial charge in [0.25, 0.3) is 0 Å². The van der Waals surface area contributed by atoms with Crippen molar-refractivity contribution in [2.45, 2.75) is 71.4 Å². The lowest BCUT2D eigenvalue weighted by atomic mass is 9.87. The molecule has 2 fully saturated rings. The van der Waals surface area contributed by atoms with Gasteiger partial charge in [-0.3, -0.25) is 4.90 Å². The van der Waals surface area contributed by atoms with Crippen molar-refractivity contribution in [3.63, 3.8) is 0 Å². The van der Waals surface area contributed by atoms with Crippen LogP contribution in [-0.2, 0) is 0 Å². The van der Waals surface area contributed by atoms with Crippen molar-refractivity contribution in [2.24, 2.45) is 5.41 Å². The van der Waals surface area contributed by atoms with E-state index in [1.54, 1.807) is 0 Å². The highest BCUT2D eigenvalue weighted by atomic mass is 15.3. The van der Waals surface area contributed by atoms with Crippen LogP contribution in [0.5, 0.6) is 0 Å². The Kier molecular flexibility index (Phi) is 3.84. The predicted octanol–water partition coefficient (Wildman–Crippen LogP) is 3.03. The molecule has 0 bridgehead atoms. The zero-order chi connectivity index (χ0) is 12.5. The minimum absolute atomic E-state index is 0.386. The van der Waals surface area contributed by atoms with Crippen molar-refractivity contribution < 1.29 is 0 Å². The van der Waals surface area contributed by atoms with Crippen LogP contribution in [0.25, 0.3) is 0 Å². The van der Waals surface area contributed by atoms with Gasteiger partial charge in [-0.25, -0.2) is 0 Å². The number of hydrogen-bond donors (Lipinski definition) is 1. The van der Waals surface area contributed by atoms with Crippen molar-refractivity contribution >= 4 is 0 Å². The lowest BCUT2D eigenvalue weighted by Crippen LogP contribution is -2.64. The molecule has 1 N–H and O–H groups in total. The number of rotatable bonds is 5. The monoisotopic (exact) mass is 238 g/mol. The zero-order valence-electron chi connectivity index (χ0n) is 12.2. The van der Waals surface area contributed by atoms with Gasteiger partial charge < -0.3 is 5.32 Å². The maximum atomic E-state index is 3.83. The summed E-state index contributed by atoms with van der Waals surface area (Å²) in [5, 5.41) is 3.83. The van der Waals surface area contributed by atoms with E-state index in [0.717, 1.165) is 6.04 Å². The third-order valence-corrected chi connectivity index (χ3v) is 5.25. The smallest absolute Gasteiger partial charge is 0.0304 e. The number of hydrogen-bond acceptors (Lipinski definition) is 2. The van der Waals surface area contributed by atoms with Crippen LogP contribution >= 0.6 is 0 Å². The fourth-order valence-electron chi connectivity index (χ4n) is 3.21. The first-order valence-electron chi connectivity index (χ1n) is 7.55. The molecule has 0 aromatic heterocycles. The van der Waals surface area contributed by atoms with Crippen LogP contribution in [0.2, 0.25) is 0 Å². The van der Waals surface area contributed by atoms with E-state index in [2.05, 4.69) is 37.9 Å². The first-order chi connectivity index (χ1) is 8.06. The number of piperazine rings is 1. The Morgan fingerprint density at radius 1 is 1.18 bits per heavy atom. The molecule has 1 aliphatic heterocycles. The quantitative estimate of drug-likeness (QED) is 0.792. The van der Waals surface area contributed by atoms with Crippen LogP contribution < -0.4 is 5.32 Å². The summed E-state index contributed by atoms with van der Waals surface area (Å²) >= 11 is 0. The van der Waals surface area contributed by atoms with E-state index in [4.69, 9.17) is 0 Å². The fraction of sp³-hybridized carbons (Fsp3) is 1.00. The highest BCUT2D eigenvalue weighted by Gasteiger charge is 2.43. The molecular weight excluding hydrogens is 208 g/mol. The highest BCUT2D eigenvalue weighted by molar-refractivity contribution is 5.00. The van der Waals surface area contributed by atoms with Gasteiger partial charge in [-0.05, 0) is 37.5 Å². The van der Waals surface area contributed by atoms with Crippen LogP contribution in [0.15, 0.2) is 0 Å². The number of nitrogens with one attached hydrogen (secondary N) is 1. The molecule has 1 saturated carbocycles. The Bertz CT molecular complexity index is 254. The second-order valence-corrected chi connectivity index (χ2v) is 6.65. The van der Waals surface area contributed by atoms with Crippen LogP contribution in [0.4, 0.5) is 0 Å². The summed E-state index contributed by atoms with van der Waals surface area (Å²) in [6, 6.07) is 0.763. The van der Waals surface area contributed by atoms with E-state index >= 15 is 0 Å². The lowest BCUT2D eigenvalue weighted by molar-refractivity contribution is 0.0557. The Labute approximate surface area is 107 Å². The van der Waals surface area contributed by atoms with Crippen molar-refractivity contribution in [1.29, 1.82) is 0 Å². The predicted molar refractivity (Wildman–Crippen MR) is 74.3 cm³/mol. The summed E-state index contributed by atoms with van der Waals surface area (Å²) in [4.78, 5) is 2.79. The van der Waals surface area contributed by atoms with Crippen molar-refractivity contribution in [2.75, 3.05) is 19.6 Å². The van der Waals surface area contributed by atoms with Crippen molar-refractivity contribution in [3.8, 4) is 0 Å². The van der Waals surface area contributed by atoms with Crippen LogP contribution in [-0.4, -0.2) is 36.1 Å². The Balaban J connectivity index is 2.02. The van der Waals surface area contributed by atoms with E-state index in [-0.39, 0.29) is 0 Å². The van der Waals surface area contributed by atoms with Gasteiger partial charge in [0.15, 0.2) is 0 Å². The molecule has 0 radical (unpaired) electrons. The third-order valence-electron chi connectivity index (χ3n) is 5.25. The van der Waals surface area contributed by atoms with Crippen LogP contribution in [0.1, 0.15) is 59.8 Å². The molecule has 2 heteroatoms. The summed E-state index contributed by atoms with van der Waals surface area (Å²) in [7, 11) is 0. The summed E-state index contributed by atoms with van der Waals surface area (Å²) in [6.45, 7) is 13.2. The summed E-state index contributed by atoms with van der Waals surface area (Å²) in [5.41, 5.74) is 1.04. The Hall–Kier alpha value is -0.0800. The molecule has 1 heterocycles. The largest absolute Gasteiger partial charge is 0.308 e.